The smallest absolute Gasteiger partial charge is 0.358 e. The minimum Gasteiger partial charge on any atom is -0.464 e. The first-order chi connectivity index (χ1) is 6.63. The van der Waals surface area contributed by atoms with Gasteiger partial charge in [-0.1, -0.05) is 0 Å². The summed E-state index contributed by atoms with van der Waals surface area (Å²) >= 11 is 0. The molecule has 0 unspecified atom stereocenters. The van der Waals surface area contributed by atoms with Gasteiger partial charge in [-0.25, -0.2) is 4.79 Å². The fourth-order valence-corrected chi connectivity index (χ4v) is 0.972. The van der Waals surface area contributed by atoms with Gasteiger partial charge in [-0.3, -0.25) is 9.48 Å². The van der Waals surface area contributed by atoms with Crippen molar-refractivity contribution >= 4 is 11.8 Å². The predicted octanol–water partition coefficient (Wildman–Crippen LogP) is 0.649. The molecule has 0 amide bonds. The van der Waals surface area contributed by atoms with Crippen LogP contribution in [0.15, 0.2) is 12.3 Å². The van der Waals surface area contributed by atoms with E-state index in [2.05, 4.69) is 9.84 Å². The van der Waals surface area contributed by atoms with Crippen molar-refractivity contribution in [1.29, 1.82) is 0 Å². The van der Waals surface area contributed by atoms with E-state index >= 15 is 0 Å². The number of aromatic nitrogens is 2. The largest absolute Gasteiger partial charge is 0.464 e. The van der Waals surface area contributed by atoms with E-state index in [1.54, 1.807) is 16.9 Å². The van der Waals surface area contributed by atoms with Gasteiger partial charge in [0.2, 0.25) is 0 Å². The molecule has 0 saturated heterocycles. The van der Waals surface area contributed by atoms with Gasteiger partial charge in [0, 0.05) is 19.2 Å². The van der Waals surface area contributed by atoms with Gasteiger partial charge in [0.05, 0.1) is 7.11 Å². The maximum Gasteiger partial charge on any atom is 0.358 e. The lowest BCUT2D eigenvalue weighted by Gasteiger charge is -1.97. The third-order valence-electron chi connectivity index (χ3n) is 1.73. The molecule has 0 bridgehead atoms. The van der Waals surface area contributed by atoms with E-state index in [9.17, 15) is 9.59 Å². The molecule has 0 aliphatic heterocycles. The van der Waals surface area contributed by atoms with Gasteiger partial charge in [-0.05, 0) is 13.0 Å². The molecule has 0 atom stereocenters. The van der Waals surface area contributed by atoms with Crippen LogP contribution in [0.5, 0.6) is 0 Å². The Labute approximate surface area is 81.7 Å². The lowest BCUT2D eigenvalue weighted by molar-refractivity contribution is -0.117. The fraction of sp³-hybridized carbons (Fsp3) is 0.444. The number of Topliss-reactive ketones (excluding diaryl/α,β-unsaturated/α-hetero) is 1. The van der Waals surface area contributed by atoms with Crippen LogP contribution in [0.4, 0.5) is 0 Å². The third kappa shape index (κ3) is 2.69. The summed E-state index contributed by atoms with van der Waals surface area (Å²) in [5.41, 5.74) is 0.260. The molecule has 0 spiro atoms. The molecule has 0 fully saturated rings. The molecule has 0 aromatic carbocycles. The van der Waals surface area contributed by atoms with Gasteiger partial charge in [-0.2, -0.15) is 5.10 Å². The van der Waals surface area contributed by atoms with Crippen LogP contribution in [0.3, 0.4) is 0 Å². The van der Waals surface area contributed by atoms with Crippen LogP contribution in [0.1, 0.15) is 23.8 Å². The summed E-state index contributed by atoms with van der Waals surface area (Å²) in [6.45, 7) is 2.01. The lowest BCUT2D eigenvalue weighted by Crippen LogP contribution is -2.06. The summed E-state index contributed by atoms with van der Waals surface area (Å²) in [5.74, 6) is -0.369. The number of carbonyl (C=O) groups excluding carboxylic acids is 2. The molecular weight excluding hydrogens is 184 g/mol. The van der Waals surface area contributed by atoms with Crippen molar-refractivity contribution in [2.45, 2.75) is 19.9 Å². The molecule has 0 N–H and O–H groups in total. The van der Waals surface area contributed by atoms with Crippen LogP contribution >= 0.6 is 0 Å². The number of ketones is 1. The fourth-order valence-electron chi connectivity index (χ4n) is 0.972. The van der Waals surface area contributed by atoms with E-state index in [1.807, 2.05) is 0 Å². The number of nitrogens with zero attached hydrogens (tertiary/aromatic N) is 2. The predicted molar refractivity (Wildman–Crippen MR) is 48.9 cm³/mol. The van der Waals surface area contributed by atoms with Crippen LogP contribution in [-0.2, 0) is 16.1 Å². The number of ether oxygens (including phenoxy) is 1. The maximum absolute atomic E-state index is 11.0. The van der Waals surface area contributed by atoms with Crippen molar-refractivity contribution in [3.63, 3.8) is 0 Å². The van der Waals surface area contributed by atoms with Crippen LogP contribution in [0.25, 0.3) is 0 Å². The van der Waals surface area contributed by atoms with Crippen LogP contribution in [-0.4, -0.2) is 28.6 Å². The summed E-state index contributed by atoms with van der Waals surface area (Å²) < 4.78 is 6.04. The standard InChI is InChI=1S/C9H12N2O3/c1-7(12)3-5-11-6-4-8(10-11)9(13)14-2/h4,6H,3,5H2,1-2H3. The first kappa shape index (κ1) is 10.4. The summed E-state index contributed by atoms with van der Waals surface area (Å²) in [7, 11) is 1.30. The summed E-state index contributed by atoms with van der Waals surface area (Å²) in [5, 5.41) is 3.94. The zero-order valence-corrected chi connectivity index (χ0v) is 8.19. The topological polar surface area (TPSA) is 61.2 Å². The van der Waals surface area contributed by atoms with E-state index in [0.29, 0.717) is 13.0 Å². The Balaban J connectivity index is 2.59. The van der Waals surface area contributed by atoms with E-state index in [1.165, 1.54) is 14.0 Å². The van der Waals surface area contributed by atoms with Crippen molar-refractivity contribution < 1.29 is 14.3 Å². The molecule has 1 aromatic heterocycles. The summed E-state index contributed by atoms with van der Waals surface area (Å²) in [6, 6.07) is 1.56. The van der Waals surface area contributed by atoms with E-state index in [4.69, 9.17) is 0 Å². The van der Waals surface area contributed by atoms with E-state index in [0.717, 1.165) is 0 Å². The van der Waals surface area contributed by atoms with Gasteiger partial charge in [0.1, 0.15) is 5.78 Å². The number of hydrogen-bond donors (Lipinski definition) is 0. The minimum absolute atomic E-state index is 0.0973. The molecule has 1 aromatic rings. The third-order valence-corrected chi connectivity index (χ3v) is 1.73. The number of rotatable bonds is 4. The molecule has 0 radical (unpaired) electrons. The molecule has 1 heterocycles. The average molecular weight is 196 g/mol. The first-order valence-corrected chi connectivity index (χ1v) is 4.24. The Morgan fingerprint density at radius 2 is 2.29 bits per heavy atom. The highest BCUT2D eigenvalue weighted by Crippen LogP contribution is 1.99. The zero-order chi connectivity index (χ0) is 10.6. The molecule has 0 aliphatic carbocycles. The molecule has 0 saturated carbocycles. The highest BCUT2D eigenvalue weighted by atomic mass is 16.5. The summed E-state index contributed by atoms with van der Waals surface area (Å²) in [6.07, 6.45) is 2.07. The maximum atomic E-state index is 11.0. The molecule has 1 rings (SSSR count). The summed E-state index contributed by atoms with van der Waals surface area (Å²) in [4.78, 5) is 21.7. The van der Waals surface area contributed by atoms with Gasteiger partial charge >= 0.3 is 5.97 Å². The molecule has 0 aliphatic rings. The second-order valence-corrected chi connectivity index (χ2v) is 2.91. The van der Waals surface area contributed by atoms with Crippen molar-refractivity contribution in [3.8, 4) is 0 Å². The lowest BCUT2D eigenvalue weighted by atomic mass is 10.3. The van der Waals surface area contributed by atoms with Crippen LogP contribution in [0, 0.1) is 0 Å². The Morgan fingerprint density at radius 3 is 2.86 bits per heavy atom. The highest BCUT2D eigenvalue weighted by molar-refractivity contribution is 5.86. The minimum atomic E-state index is -0.466. The molecule has 14 heavy (non-hydrogen) atoms. The molecule has 76 valence electrons. The Hall–Kier alpha value is -1.65. The second kappa shape index (κ2) is 4.55. The Morgan fingerprint density at radius 1 is 1.57 bits per heavy atom. The van der Waals surface area contributed by atoms with Crippen LogP contribution < -0.4 is 0 Å². The number of methoxy groups -OCH3 is 1. The SMILES string of the molecule is COC(=O)c1ccn(CCC(C)=O)n1. The van der Waals surface area contributed by atoms with Crippen LogP contribution in [0.2, 0.25) is 0 Å². The van der Waals surface area contributed by atoms with Crippen molar-refractivity contribution in [2.24, 2.45) is 0 Å². The second-order valence-electron chi connectivity index (χ2n) is 2.91. The van der Waals surface area contributed by atoms with Crippen molar-refractivity contribution in [2.75, 3.05) is 7.11 Å². The van der Waals surface area contributed by atoms with Gasteiger partial charge < -0.3 is 4.74 Å². The molecule has 5 nitrogen and oxygen atoms in total. The monoisotopic (exact) mass is 196 g/mol. The van der Waals surface area contributed by atoms with E-state index < -0.39 is 5.97 Å². The number of aryl methyl sites for hydroxylation is 1. The quantitative estimate of drug-likeness (QED) is 0.663. The van der Waals surface area contributed by atoms with Gasteiger partial charge in [0.25, 0.3) is 0 Å². The first-order valence-electron chi connectivity index (χ1n) is 4.24. The number of esters is 1. The average Bonchev–Trinajstić information content (AvgIpc) is 2.62. The Bertz CT molecular complexity index is 344. The Kier molecular flexibility index (Phi) is 3.39. The molecular formula is C9H12N2O3. The van der Waals surface area contributed by atoms with Crippen molar-refractivity contribution in [3.05, 3.63) is 18.0 Å². The normalized spacial score (nSPS) is 9.86. The number of carbonyl (C=O) groups is 2. The molecule has 5 heteroatoms. The van der Waals surface area contributed by atoms with Gasteiger partial charge in [-0.15, -0.1) is 0 Å². The highest BCUT2D eigenvalue weighted by Gasteiger charge is 2.08. The number of hydrogen-bond acceptors (Lipinski definition) is 4. The van der Waals surface area contributed by atoms with Crippen molar-refractivity contribution in [1.82, 2.24) is 9.78 Å². The van der Waals surface area contributed by atoms with Gasteiger partial charge in [0.15, 0.2) is 5.69 Å². The zero-order valence-electron chi connectivity index (χ0n) is 8.19. The van der Waals surface area contributed by atoms with E-state index in [-0.39, 0.29) is 11.5 Å².